The minimum Gasteiger partial charge on any atom is -0.497 e. The van der Waals surface area contributed by atoms with Crippen molar-refractivity contribution in [3.8, 4) is 5.75 Å². The van der Waals surface area contributed by atoms with Crippen molar-refractivity contribution in [2.75, 3.05) is 32.3 Å². The SMILES string of the molecule is COc1ccc(C(N)=S)c(N(C)C2CCOCC2)c1. The molecule has 0 bridgehead atoms. The summed E-state index contributed by atoms with van der Waals surface area (Å²) in [4.78, 5) is 2.65. The van der Waals surface area contributed by atoms with Crippen LogP contribution in [0.3, 0.4) is 0 Å². The molecule has 0 amide bonds. The summed E-state index contributed by atoms with van der Waals surface area (Å²) in [6.07, 6.45) is 2.04. The van der Waals surface area contributed by atoms with Gasteiger partial charge in [-0.1, -0.05) is 12.2 Å². The molecular formula is C14H20N2O2S. The number of benzene rings is 1. The van der Waals surface area contributed by atoms with Crippen LogP contribution < -0.4 is 15.4 Å². The Morgan fingerprint density at radius 3 is 2.68 bits per heavy atom. The molecule has 1 aliphatic rings. The van der Waals surface area contributed by atoms with E-state index < -0.39 is 0 Å². The van der Waals surface area contributed by atoms with Crippen LogP contribution in [0.25, 0.3) is 0 Å². The molecule has 0 unspecified atom stereocenters. The van der Waals surface area contributed by atoms with Crippen LogP contribution >= 0.6 is 12.2 Å². The molecule has 0 saturated carbocycles. The Morgan fingerprint density at radius 2 is 2.11 bits per heavy atom. The van der Waals surface area contributed by atoms with E-state index in [2.05, 4.69) is 11.9 Å². The van der Waals surface area contributed by atoms with E-state index in [4.69, 9.17) is 27.4 Å². The first-order chi connectivity index (χ1) is 9.13. The van der Waals surface area contributed by atoms with Crippen molar-refractivity contribution in [2.45, 2.75) is 18.9 Å². The molecule has 0 aliphatic carbocycles. The summed E-state index contributed by atoms with van der Waals surface area (Å²) in [5.41, 5.74) is 7.73. The van der Waals surface area contributed by atoms with Gasteiger partial charge in [-0.15, -0.1) is 0 Å². The fourth-order valence-corrected chi connectivity index (χ4v) is 2.58. The van der Waals surface area contributed by atoms with Crippen LogP contribution in [-0.2, 0) is 4.74 Å². The summed E-state index contributed by atoms with van der Waals surface area (Å²) >= 11 is 5.14. The van der Waals surface area contributed by atoms with Crippen molar-refractivity contribution in [1.29, 1.82) is 0 Å². The zero-order valence-corrected chi connectivity index (χ0v) is 12.2. The number of hydrogen-bond donors (Lipinski definition) is 1. The molecule has 104 valence electrons. The lowest BCUT2D eigenvalue weighted by atomic mass is 10.0. The lowest BCUT2D eigenvalue weighted by Crippen LogP contribution is -2.37. The maximum absolute atomic E-state index is 5.81. The Bertz CT molecular complexity index is 459. The van der Waals surface area contributed by atoms with Crippen molar-refractivity contribution in [1.82, 2.24) is 0 Å². The van der Waals surface area contributed by atoms with Crippen LogP contribution in [-0.4, -0.2) is 38.4 Å². The normalized spacial score (nSPS) is 16.1. The lowest BCUT2D eigenvalue weighted by Gasteiger charge is -2.34. The molecule has 5 heteroatoms. The summed E-state index contributed by atoms with van der Waals surface area (Å²) in [7, 11) is 3.74. The van der Waals surface area contributed by atoms with Gasteiger partial charge < -0.3 is 20.1 Å². The molecule has 2 N–H and O–H groups in total. The van der Waals surface area contributed by atoms with Crippen molar-refractivity contribution >= 4 is 22.9 Å². The maximum Gasteiger partial charge on any atom is 0.120 e. The van der Waals surface area contributed by atoms with Gasteiger partial charge in [0.25, 0.3) is 0 Å². The minimum absolute atomic E-state index is 0.413. The first-order valence-corrected chi connectivity index (χ1v) is 6.82. The highest BCUT2D eigenvalue weighted by molar-refractivity contribution is 7.80. The number of nitrogens with two attached hydrogens (primary N) is 1. The van der Waals surface area contributed by atoms with Crippen molar-refractivity contribution in [3.63, 3.8) is 0 Å². The van der Waals surface area contributed by atoms with Gasteiger partial charge in [0, 0.05) is 37.9 Å². The average molecular weight is 280 g/mol. The zero-order valence-electron chi connectivity index (χ0n) is 11.4. The molecule has 1 aromatic rings. The fraction of sp³-hybridized carbons (Fsp3) is 0.500. The van der Waals surface area contributed by atoms with Crippen molar-refractivity contribution in [3.05, 3.63) is 23.8 Å². The molecule has 2 rings (SSSR count). The molecule has 0 aromatic heterocycles. The van der Waals surface area contributed by atoms with Gasteiger partial charge in [0.05, 0.1) is 12.8 Å². The van der Waals surface area contributed by atoms with Crippen molar-refractivity contribution < 1.29 is 9.47 Å². The molecule has 0 atom stereocenters. The van der Waals surface area contributed by atoms with Gasteiger partial charge in [0.1, 0.15) is 10.7 Å². The van der Waals surface area contributed by atoms with Gasteiger partial charge in [-0.2, -0.15) is 0 Å². The van der Waals surface area contributed by atoms with Crippen LogP contribution in [0.5, 0.6) is 5.75 Å². The molecule has 0 spiro atoms. The minimum atomic E-state index is 0.413. The van der Waals surface area contributed by atoms with E-state index in [0.717, 1.165) is 43.1 Å². The van der Waals surface area contributed by atoms with Crippen LogP contribution in [0, 0.1) is 0 Å². The van der Waals surface area contributed by atoms with E-state index in [9.17, 15) is 0 Å². The topological polar surface area (TPSA) is 47.7 Å². The predicted octanol–water partition coefficient (Wildman–Crippen LogP) is 1.94. The van der Waals surface area contributed by atoms with Gasteiger partial charge in [-0.25, -0.2) is 0 Å². The molecule has 1 aliphatic heterocycles. The summed E-state index contributed by atoms with van der Waals surface area (Å²) in [6, 6.07) is 6.25. The third kappa shape index (κ3) is 3.16. The van der Waals surface area contributed by atoms with E-state index >= 15 is 0 Å². The second-order valence-electron chi connectivity index (χ2n) is 4.70. The molecular weight excluding hydrogens is 260 g/mol. The standard InChI is InChI=1S/C14H20N2O2S/c1-16(10-5-7-18-8-6-10)13-9-11(17-2)3-4-12(13)14(15)19/h3-4,9-10H,5-8H2,1-2H3,(H2,15,19). The molecule has 1 aromatic carbocycles. The van der Waals surface area contributed by atoms with Gasteiger partial charge in [-0.3, -0.25) is 0 Å². The van der Waals surface area contributed by atoms with Gasteiger partial charge >= 0.3 is 0 Å². The fourth-order valence-electron chi connectivity index (χ4n) is 2.41. The van der Waals surface area contributed by atoms with Crippen LogP contribution in [0.2, 0.25) is 0 Å². The summed E-state index contributed by atoms with van der Waals surface area (Å²) in [6.45, 7) is 1.61. The maximum atomic E-state index is 5.81. The van der Waals surface area contributed by atoms with E-state index in [0.29, 0.717) is 11.0 Å². The average Bonchev–Trinajstić information content (AvgIpc) is 2.46. The zero-order chi connectivity index (χ0) is 13.8. The smallest absolute Gasteiger partial charge is 0.120 e. The Balaban J connectivity index is 2.31. The highest BCUT2D eigenvalue weighted by Gasteiger charge is 2.21. The van der Waals surface area contributed by atoms with E-state index in [1.54, 1.807) is 7.11 Å². The number of rotatable bonds is 4. The third-order valence-corrected chi connectivity index (χ3v) is 3.81. The Labute approximate surface area is 119 Å². The molecule has 1 saturated heterocycles. The van der Waals surface area contributed by atoms with Gasteiger partial charge in [0.15, 0.2) is 0 Å². The van der Waals surface area contributed by atoms with E-state index in [1.165, 1.54) is 0 Å². The number of anilines is 1. The lowest BCUT2D eigenvalue weighted by molar-refractivity contribution is 0.0855. The molecule has 4 nitrogen and oxygen atoms in total. The van der Waals surface area contributed by atoms with Crippen LogP contribution in [0.4, 0.5) is 5.69 Å². The first kappa shape index (κ1) is 14.1. The first-order valence-electron chi connectivity index (χ1n) is 6.42. The number of methoxy groups -OCH3 is 1. The molecule has 1 fully saturated rings. The van der Waals surface area contributed by atoms with Crippen LogP contribution in [0.1, 0.15) is 18.4 Å². The Hall–Kier alpha value is -1.33. The number of thiocarbonyl (C=S) groups is 1. The van der Waals surface area contributed by atoms with Gasteiger partial charge in [-0.05, 0) is 25.0 Å². The largest absolute Gasteiger partial charge is 0.497 e. The summed E-state index contributed by atoms with van der Waals surface area (Å²) in [5.74, 6) is 0.814. The van der Waals surface area contributed by atoms with Crippen molar-refractivity contribution in [2.24, 2.45) is 5.73 Å². The van der Waals surface area contributed by atoms with E-state index in [-0.39, 0.29) is 0 Å². The quantitative estimate of drug-likeness (QED) is 0.854. The van der Waals surface area contributed by atoms with Gasteiger partial charge in [0.2, 0.25) is 0 Å². The Morgan fingerprint density at radius 1 is 1.42 bits per heavy atom. The number of hydrogen-bond acceptors (Lipinski definition) is 4. The van der Waals surface area contributed by atoms with Crippen LogP contribution in [0.15, 0.2) is 18.2 Å². The highest BCUT2D eigenvalue weighted by Crippen LogP contribution is 2.29. The molecule has 19 heavy (non-hydrogen) atoms. The van der Waals surface area contributed by atoms with E-state index in [1.807, 2.05) is 18.2 Å². The second-order valence-corrected chi connectivity index (χ2v) is 5.14. The monoisotopic (exact) mass is 280 g/mol. The third-order valence-electron chi connectivity index (χ3n) is 3.59. The number of nitrogens with zero attached hydrogens (tertiary/aromatic N) is 1. The summed E-state index contributed by atoms with van der Waals surface area (Å²) < 4.78 is 10.7. The Kier molecular flexibility index (Phi) is 4.61. The highest BCUT2D eigenvalue weighted by atomic mass is 32.1. The summed E-state index contributed by atoms with van der Waals surface area (Å²) in [5, 5.41) is 0. The predicted molar refractivity (Wildman–Crippen MR) is 81.1 cm³/mol. The second kappa shape index (κ2) is 6.21. The molecule has 0 radical (unpaired) electrons. The molecule has 1 heterocycles. The number of ether oxygens (including phenoxy) is 2.